The van der Waals surface area contributed by atoms with Crippen molar-refractivity contribution < 1.29 is 13.2 Å². The summed E-state index contributed by atoms with van der Waals surface area (Å²) >= 11 is 3.20. The number of hydrogen-bond donors (Lipinski definition) is 1. The van der Waals surface area contributed by atoms with E-state index in [9.17, 15) is 13.2 Å². The average Bonchev–Trinajstić information content (AvgIpc) is 2.32. The maximum Gasteiger partial charge on any atom is 0.244 e. The maximum atomic E-state index is 12.5. The molecule has 19 heavy (non-hydrogen) atoms. The molecule has 104 valence electrons. The third kappa shape index (κ3) is 2.75. The Morgan fingerprint density at radius 3 is 2.58 bits per heavy atom. The summed E-state index contributed by atoms with van der Waals surface area (Å²) in [4.78, 5) is 13.3. The molecule has 0 unspecified atom stereocenters. The van der Waals surface area contributed by atoms with Gasteiger partial charge in [0.05, 0.1) is 11.4 Å². The molecule has 0 aromatic heterocycles. The highest BCUT2D eigenvalue weighted by molar-refractivity contribution is 9.10. The predicted octanol–water partition coefficient (Wildman–Crippen LogP) is 0.494. The maximum absolute atomic E-state index is 12.5. The summed E-state index contributed by atoms with van der Waals surface area (Å²) in [6, 6.07) is 4.50. The van der Waals surface area contributed by atoms with Crippen LogP contribution < -0.4 is 5.73 Å². The lowest BCUT2D eigenvalue weighted by atomic mass is 10.3. The van der Waals surface area contributed by atoms with E-state index in [1.54, 1.807) is 7.05 Å². The normalized spacial score (nSPS) is 17.8. The van der Waals surface area contributed by atoms with Gasteiger partial charge in [-0.25, -0.2) is 8.42 Å². The minimum atomic E-state index is -3.68. The minimum absolute atomic E-state index is 0.124. The quantitative estimate of drug-likeness (QED) is 0.789. The largest absolute Gasteiger partial charge is 0.399 e. The highest BCUT2D eigenvalue weighted by Gasteiger charge is 2.32. The highest BCUT2D eigenvalue weighted by Crippen LogP contribution is 2.27. The van der Waals surface area contributed by atoms with Crippen LogP contribution in [0, 0.1) is 0 Å². The Morgan fingerprint density at radius 1 is 1.32 bits per heavy atom. The monoisotopic (exact) mass is 347 g/mol. The summed E-state index contributed by atoms with van der Waals surface area (Å²) in [5, 5.41) is 0. The highest BCUT2D eigenvalue weighted by atomic mass is 79.9. The van der Waals surface area contributed by atoms with Crippen molar-refractivity contribution in [3.05, 3.63) is 22.7 Å². The van der Waals surface area contributed by atoms with Crippen molar-refractivity contribution in [2.75, 3.05) is 32.4 Å². The third-order valence-corrected chi connectivity index (χ3v) is 5.82. The van der Waals surface area contributed by atoms with E-state index < -0.39 is 10.0 Å². The number of nitrogen functional groups attached to an aromatic ring is 1. The Labute approximate surface area is 120 Å². The smallest absolute Gasteiger partial charge is 0.244 e. The Balaban J connectivity index is 2.35. The van der Waals surface area contributed by atoms with E-state index in [4.69, 9.17) is 5.73 Å². The zero-order valence-corrected chi connectivity index (χ0v) is 12.7. The van der Waals surface area contributed by atoms with Crippen LogP contribution in [-0.4, -0.2) is 50.2 Å². The Hall–Kier alpha value is -1.12. The molecule has 0 bridgehead atoms. The minimum Gasteiger partial charge on any atom is -0.399 e. The van der Waals surface area contributed by atoms with Gasteiger partial charge in [0.15, 0.2) is 0 Å². The molecule has 1 saturated heterocycles. The second kappa shape index (κ2) is 5.10. The molecular formula is C11H14BrN3O3S. The molecule has 0 spiro atoms. The molecule has 1 aliphatic rings. The van der Waals surface area contributed by atoms with Crippen molar-refractivity contribution in [3.8, 4) is 0 Å². The van der Waals surface area contributed by atoms with Crippen LogP contribution in [0.5, 0.6) is 0 Å². The number of likely N-dealkylation sites (N-methyl/N-ethyl adjacent to an activating group) is 1. The molecule has 2 N–H and O–H groups in total. The van der Waals surface area contributed by atoms with Gasteiger partial charge in [-0.2, -0.15) is 4.31 Å². The standard InChI is InChI=1S/C11H14BrN3O3S/c1-14-4-5-15(7-11(14)16)19(17,18)10-3-2-8(13)6-9(10)12/h2-3,6H,4-5,7,13H2,1H3. The van der Waals surface area contributed by atoms with Gasteiger partial charge in [-0.1, -0.05) is 0 Å². The fourth-order valence-corrected chi connectivity index (χ4v) is 4.24. The van der Waals surface area contributed by atoms with Crippen molar-refractivity contribution >= 4 is 37.5 Å². The number of amides is 1. The Morgan fingerprint density at radius 2 is 2.00 bits per heavy atom. The number of nitrogens with two attached hydrogens (primary N) is 1. The van der Waals surface area contributed by atoms with E-state index in [1.165, 1.54) is 27.4 Å². The first-order chi connectivity index (χ1) is 8.82. The first-order valence-corrected chi connectivity index (χ1v) is 7.85. The zero-order chi connectivity index (χ0) is 14.2. The number of carbonyl (C=O) groups is 1. The molecule has 1 heterocycles. The molecule has 2 rings (SSSR count). The van der Waals surface area contributed by atoms with Crippen LogP contribution in [0.1, 0.15) is 0 Å². The fraction of sp³-hybridized carbons (Fsp3) is 0.364. The Kier molecular flexibility index (Phi) is 3.84. The second-order valence-electron chi connectivity index (χ2n) is 4.34. The van der Waals surface area contributed by atoms with Gasteiger partial charge >= 0.3 is 0 Å². The van der Waals surface area contributed by atoms with E-state index in [1.807, 2.05) is 0 Å². The van der Waals surface area contributed by atoms with Crippen LogP contribution in [0.2, 0.25) is 0 Å². The SMILES string of the molecule is CN1CCN(S(=O)(=O)c2ccc(N)cc2Br)CC1=O. The van der Waals surface area contributed by atoms with E-state index in [2.05, 4.69) is 15.9 Å². The molecule has 8 heteroatoms. The lowest BCUT2D eigenvalue weighted by Gasteiger charge is -2.31. The molecule has 0 saturated carbocycles. The summed E-state index contributed by atoms with van der Waals surface area (Å²) in [6.07, 6.45) is 0. The van der Waals surface area contributed by atoms with Crippen LogP contribution in [0.3, 0.4) is 0 Å². The van der Waals surface area contributed by atoms with E-state index in [0.29, 0.717) is 23.2 Å². The number of hydrogen-bond acceptors (Lipinski definition) is 4. The number of anilines is 1. The van der Waals surface area contributed by atoms with Crippen molar-refractivity contribution in [1.82, 2.24) is 9.21 Å². The number of halogens is 1. The third-order valence-electron chi connectivity index (χ3n) is 3.00. The van der Waals surface area contributed by atoms with Crippen molar-refractivity contribution in [2.45, 2.75) is 4.90 Å². The first-order valence-electron chi connectivity index (χ1n) is 5.61. The summed E-state index contributed by atoms with van der Waals surface area (Å²) in [6.45, 7) is 0.557. The number of carbonyl (C=O) groups excluding carboxylic acids is 1. The lowest BCUT2D eigenvalue weighted by Crippen LogP contribution is -2.50. The van der Waals surface area contributed by atoms with Crippen molar-refractivity contribution in [1.29, 1.82) is 0 Å². The van der Waals surface area contributed by atoms with Crippen LogP contribution in [0.25, 0.3) is 0 Å². The molecule has 1 aliphatic heterocycles. The zero-order valence-electron chi connectivity index (χ0n) is 10.3. The number of nitrogens with zero attached hydrogens (tertiary/aromatic N) is 2. The van der Waals surface area contributed by atoms with Gasteiger partial charge in [-0.15, -0.1) is 0 Å². The van der Waals surface area contributed by atoms with Gasteiger partial charge in [0.1, 0.15) is 0 Å². The molecule has 0 atom stereocenters. The number of rotatable bonds is 2. The van der Waals surface area contributed by atoms with Crippen LogP contribution >= 0.6 is 15.9 Å². The van der Waals surface area contributed by atoms with Crippen LogP contribution in [-0.2, 0) is 14.8 Å². The van der Waals surface area contributed by atoms with Gasteiger partial charge in [-0.3, -0.25) is 4.79 Å². The molecule has 1 aromatic rings. The van der Waals surface area contributed by atoms with E-state index in [-0.39, 0.29) is 17.3 Å². The second-order valence-corrected chi connectivity index (χ2v) is 7.10. The molecule has 6 nitrogen and oxygen atoms in total. The van der Waals surface area contributed by atoms with Crippen molar-refractivity contribution in [2.24, 2.45) is 0 Å². The van der Waals surface area contributed by atoms with Crippen LogP contribution in [0.15, 0.2) is 27.6 Å². The van der Waals surface area contributed by atoms with E-state index in [0.717, 1.165) is 0 Å². The van der Waals surface area contributed by atoms with Gasteiger partial charge in [0.2, 0.25) is 15.9 Å². The average molecular weight is 348 g/mol. The molecule has 1 amide bonds. The van der Waals surface area contributed by atoms with Crippen molar-refractivity contribution in [3.63, 3.8) is 0 Å². The fourth-order valence-electron chi connectivity index (χ4n) is 1.81. The van der Waals surface area contributed by atoms with E-state index >= 15 is 0 Å². The number of sulfonamides is 1. The molecule has 0 radical (unpaired) electrons. The topological polar surface area (TPSA) is 83.7 Å². The summed E-state index contributed by atoms with van der Waals surface area (Å²) in [5.74, 6) is -0.207. The molecule has 1 fully saturated rings. The summed E-state index contributed by atoms with van der Waals surface area (Å²) < 4.78 is 26.5. The predicted molar refractivity (Wildman–Crippen MR) is 75.0 cm³/mol. The van der Waals surface area contributed by atoms with Gasteiger partial charge in [-0.05, 0) is 34.1 Å². The number of benzene rings is 1. The van der Waals surface area contributed by atoms with Crippen LogP contribution in [0.4, 0.5) is 5.69 Å². The first kappa shape index (κ1) is 14.3. The Bertz CT molecular complexity index is 618. The summed E-state index contributed by atoms with van der Waals surface area (Å²) in [5.41, 5.74) is 6.06. The van der Waals surface area contributed by atoms with Gasteiger partial charge in [0.25, 0.3) is 0 Å². The lowest BCUT2D eigenvalue weighted by molar-refractivity contribution is -0.132. The number of piperazine rings is 1. The summed E-state index contributed by atoms with van der Waals surface area (Å²) in [7, 11) is -2.02. The molecule has 1 aromatic carbocycles. The van der Waals surface area contributed by atoms with Gasteiger partial charge in [0, 0.05) is 30.3 Å². The molecular weight excluding hydrogens is 334 g/mol. The molecule has 0 aliphatic carbocycles. The van der Waals surface area contributed by atoms with Gasteiger partial charge < -0.3 is 10.6 Å².